The number of aliphatic carboxylic acids is 1. The first kappa shape index (κ1) is 14.5. The van der Waals surface area contributed by atoms with Crippen LogP contribution in [0.5, 0.6) is 0 Å². The summed E-state index contributed by atoms with van der Waals surface area (Å²) in [5.41, 5.74) is 6.27. The minimum atomic E-state index is -0.970. The number of hydroxylamine groups is 1. The molecule has 0 radical (unpaired) electrons. The van der Waals surface area contributed by atoms with Crippen LogP contribution in [-0.2, 0) is 9.63 Å². The summed E-state index contributed by atoms with van der Waals surface area (Å²) < 4.78 is 0. The van der Waals surface area contributed by atoms with E-state index in [0.29, 0.717) is 0 Å². The number of nitrogens with one attached hydrogen (secondary N) is 1. The molecule has 2 aromatic carbocycles. The smallest absolute Gasteiger partial charge is 0.337 e. The molecule has 0 atom stereocenters. The molecule has 114 valence electrons. The Morgan fingerprint density at radius 1 is 0.913 bits per heavy atom. The van der Waals surface area contributed by atoms with Crippen LogP contribution in [0.25, 0.3) is 22.1 Å². The molecule has 0 bridgehead atoms. The molecule has 23 heavy (non-hydrogen) atoms. The third kappa shape index (κ3) is 3.44. The van der Waals surface area contributed by atoms with Crippen LogP contribution in [0.4, 0.5) is 0 Å². The van der Waals surface area contributed by atoms with Crippen LogP contribution < -0.4 is 5.48 Å². The van der Waals surface area contributed by atoms with E-state index in [4.69, 9.17) is 5.11 Å². The van der Waals surface area contributed by atoms with Crippen LogP contribution in [-0.4, -0.2) is 21.0 Å². The Balaban J connectivity index is 0.000000151. The molecule has 0 fully saturated rings. The topological polar surface area (TPSA) is 84.3 Å². The lowest BCUT2D eigenvalue weighted by atomic mass is 10.2. The van der Waals surface area contributed by atoms with Crippen molar-refractivity contribution < 1.29 is 14.7 Å². The SMILES string of the molecule is O=C(O)C1=CNOC=C1.c1ccc2nc3ccccc3nc2c1. The largest absolute Gasteiger partial charge is 0.478 e. The van der Waals surface area contributed by atoms with Crippen LogP contribution in [0.1, 0.15) is 0 Å². The summed E-state index contributed by atoms with van der Waals surface area (Å²) in [5, 5.41) is 8.32. The van der Waals surface area contributed by atoms with Crippen molar-refractivity contribution in [1.29, 1.82) is 0 Å². The highest BCUT2D eigenvalue weighted by Gasteiger charge is 2.04. The maximum absolute atomic E-state index is 10.1. The molecule has 0 unspecified atom stereocenters. The van der Waals surface area contributed by atoms with Crippen molar-refractivity contribution >= 4 is 28.0 Å². The van der Waals surface area contributed by atoms with E-state index in [9.17, 15) is 4.79 Å². The van der Waals surface area contributed by atoms with Crippen LogP contribution in [0.2, 0.25) is 0 Å². The molecule has 0 saturated carbocycles. The predicted molar refractivity (Wildman–Crippen MR) is 86.1 cm³/mol. The van der Waals surface area contributed by atoms with Gasteiger partial charge in [-0.25, -0.2) is 20.2 Å². The Labute approximate surface area is 131 Å². The maximum atomic E-state index is 10.1. The highest BCUT2D eigenvalue weighted by Crippen LogP contribution is 2.14. The molecule has 1 aromatic heterocycles. The number of carbonyl (C=O) groups is 1. The molecule has 1 aliphatic heterocycles. The average molecular weight is 307 g/mol. The van der Waals surface area contributed by atoms with Gasteiger partial charge in [-0.3, -0.25) is 0 Å². The van der Waals surface area contributed by atoms with Crippen LogP contribution in [0.15, 0.2) is 72.6 Å². The molecule has 0 aliphatic carbocycles. The third-order valence-corrected chi connectivity index (χ3v) is 3.09. The van der Waals surface area contributed by atoms with Gasteiger partial charge in [0.2, 0.25) is 0 Å². The number of hydrogen-bond acceptors (Lipinski definition) is 5. The summed E-state index contributed by atoms with van der Waals surface area (Å²) in [5.74, 6) is -0.970. The summed E-state index contributed by atoms with van der Waals surface area (Å²) in [6.07, 6.45) is 3.89. The Morgan fingerprint density at radius 2 is 1.39 bits per heavy atom. The quantitative estimate of drug-likeness (QED) is 0.673. The van der Waals surface area contributed by atoms with Gasteiger partial charge in [-0.15, -0.1) is 0 Å². The summed E-state index contributed by atoms with van der Waals surface area (Å²) in [6.45, 7) is 0. The van der Waals surface area contributed by atoms with Gasteiger partial charge in [0.25, 0.3) is 0 Å². The summed E-state index contributed by atoms with van der Waals surface area (Å²) >= 11 is 0. The van der Waals surface area contributed by atoms with Crippen molar-refractivity contribution in [3.05, 3.63) is 72.6 Å². The molecule has 0 amide bonds. The lowest BCUT2D eigenvalue weighted by molar-refractivity contribution is -0.132. The number of carboxylic acids is 1. The van der Waals surface area contributed by atoms with Gasteiger partial charge in [0.1, 0.15) is 6.26 Å². The zero-order valence-electron chi connectivity index (χ0n) is 12.0. The van der Waals surface area contributed by atoms with E-state index in [1.54, 1.807) is 0 Å². The Kier molecular flexibility index (Phi) is 4.15. The maximum Gasteiger partial charge on any atom is 0.337 e. The van der Waals surface area contributed by atoms with E-state index in [0.717, 1.165) is 22.1 Å². The first-order valence-corrected chi connectivity index (χ1v) is 6.87. The van der Waals surface area contributed by atoms with Crippen LogP contribution >= 0.6 is 0 Å². The van der Waals surface area contributed by atoms with Gasteiger partial charge in [-0.1, -0.05) is 24.3 Å². The number of benzene rings is 2. The fraction of sp³-hybridized carbons (Fsp3) is 0. The average Bonchev–Trinajstić information content (AvgIpc) is 2.61. The number of nitrogens with zero attached hydrogens (tertiary/aromatic N) is 2. The Bertz CT molecular complexity index is 814. The zero-order valence-corrected chi connectivity index (χ0v) is 12.0. The minimum Gasteiger partial charge on any atom is -0.478 e. The van der Waals surface area contributed by atoms with Gasteiger partial charge in [0, 0.05) is 0 Å². The van der Waals surface area contributed by atoms with Crippen molar-refractivity contribution in [3.63, 3.8) is 0 Å². The van der Waals surface area contributed by atoms with E-state index in [1.165, 1.54) is 18.5 Å². The van der Waals surface area contributed by atoms with E-state index in [-0.39, 0.29) is 5.57 Å². The van der Waals surface area contributed by atoms with E-state index < -0.39 is 5.97 Å². The van der Waals surface area contributed by atoms with Crippen molar-refractivity contribution in [2.45, 2.75) is 0 Å². The van der Waals surface area contributed by atoms with Crippen molar-refractivity contribution in [1.82, 2.24) is 15.4 Å². The summed E-state index contributed by atoms with van der Waals surface area (Å²) in [7, 11) is 0. The molecular formula is C17H13N3O3. The molecule has 4 rings (SSSR count). The Morgan fingerprint density at radius 3 is 1.70 bits per heavy atom. The van der Waals surface area contributed by atoms with Crippen LogP contribution in [0, 0.1) is 0 Å². The molecule has 2 N–H and O–H groups in total. The number of rotatable bonds is 1. The number of fused-ring (bicyclic) bond motifs is 2. The van der Waals surface area contributed by atoms with Crippen molar-refractivity contribution in [3.8, 4) is 0 Å². The zero-order chi connectivity index (χ0) is 16.1. The molecule has 1 aliphatic rings. The number of carboxylic acid groups (broad SMARTS) is 1. The molecule has 0 spiro atoms. The lowest BCUT2D eigenvalue weighted by Crippen LogP contribution is -2.10. The fourth-order valence-corrected chi connectivity index (χ4v) is 1.99. The van der Waals surface area contributed by atoms with Crippen molar-refractivity contribution in [2.24, 2.45) is 0 Å². The predicted octanol–water partition coefficient (Wildman–Crippen LogP) is 2.79. The highest BCUT2D eigenvalue weighted by atomic mass is 16.6. The van der Waals surface area contributed by atoms with Gasteiger partial charge in [0.05, 0.1) is 33.8 Å². The third-order valence-electron chi connectivity index (χ3n) is 3.09. The number of para-hydroxylation sites is 4. The normalized spacial score (nSPS) is 12.6. The number of aromatic nitrogens is 2. The summed E-state index contributed by atoms with van der Waals surface area (Å²) in [6, 6.07) is 15.8. The second-order valence-corrected chi connectivity index (χ2v) is 4.64. The minimum absolute atomic E-state index is 0.182. The first-order valence-electron chi connectivity index (χ1n) is 6.87. The lowest BCUT2D eigenvalue weighted by Gasteiger charge is -2.03. The summed E-state index contributed by atoms with van der Waals surface area (Å²) in [4.78, 5) is 23.6. The van der Waals surface area contributed by atoms with Crippen molar-refractivity contribution in [2.75, 3.05) is 0 Å². The molecule has 6 heteroatoms. The molecular weight excluding hydrogens is 294 g/mol. The van der Waals surface area contributed by atoms with E-state index in [1.807, 2.05) is 48.5 Å². The molecule has 6 nitrogen and oxygen atoms in total. The van der Waals surface area contributed by atoms with Gasteiger partial charge >= 0.3 is 5.97 Å². The standard InChI is InChI=1S/C12H8N2.C5H5NO3/c1-2-6-10-9(5-1)13-11-7-3-4-8-12(11)14-10;7-5(8)4-1-2-9-6-3-4/h1-8H;1-3,6H,(H,7,8). The molecule has 0 saturated heterocycles. The van der Waals surface area contributed by atoms with Gasteiger partial charge < -0.3 is 9.94 Å². The molecule has 2 heterocycles. The second kappa shape index (κ2) is 6.57. The van der Waals surface area contributed by atoms with Gasteiger partial charge in [0.15, 0.2) is 0 Å². The van der Waals surface area contributed by atoms with Crippen LogP contribution in [0.3, 0.4) is 0 Å². The second-order valence-electron chi connectivity index (χ2n) is 4.64. The monoisotopic (exact) mass is 307 g/mol. The fourth-order valence-electron chi connectivity index (χ4n) is 1.99. The molecule has 3 aromatic rings. The van der Waals surface area contributed by atoms with Gasteiger partial charge in [-0.2, -0.15) is 0 Å². The Hall–Kier alpha value is -3.41. The van der Waals surface area contributed by atoms with Gasteiger partial charge in [-0.05, 0) is 30.3 Å². The van der Waals surface area contributed by atoms with E-state index in [2.05, 4.69) is 20.3 Å². The number of hydrogen-bond donors (Lipinski definition) is 2. The van der Waals surface area contributed by atoms with E-state index >= 15 is 0 Å². The first-order chi connectivity index (χ1) is 11.2. The highest BCUT2D eigenvalue weighted by molar-refractivity contribution is 5.89.